The van der Waals surface area contributed by atoms with Crippen LogP contribution < -0.4 is 5.32 Å². The molecule has 0 aromatic carbocycles. The topological polar surface area (TPSA) is 52.9 Å². The minimum absolute atomic E-state index is 0.0795. The van der Waals surface area contributed by atoms with Crippen molar-refractivity contribution >= 4 is 33.8 Å². The first-order valence-corrected chi connectivity index (χ1v) is 6.91. The van der Waals surface area contributed by atoms with Gasteiger partial charge in [-0.3, -0.25) is 4.79 Å². The summed E-state index contributed by atoms with van der Waals surface area (Å²) in [5, 5.41) is 12.6. The second-order valence-corrected chi connectivity index (χ2v) is 5.72. The smallest absolute Gasteiger partial charge is 0.239 e. The average Bonchev–Trinajstić information content (AvgIpc) is 2.64. The minimum atomic E-state index is -0.255. The molecule has 0 aliphatic heterocycles. The van der Waals surface area contributed by atoms with Gasteiger partial charge in [0.15, 0.2) is 0 Å². The third-order valence-corrected chi connectivity index (χ3v) is 4.41. The van der Waals surface area contributed by atoms with Crippen LogP contribution in [0.2, 0.25) is 0 Å². The Balaban J connectivity index is 2.34. The van der Waals surface area contributed by atoms with Crippen LogP contribution in [0.4, 0.5) is 5.00 Å². The normalized spacial score (nSPS) is 18.3. The highest BCUT2D eigenvalue weighted by Crippen LogP contribution is 2.39. The number of carbonyl (C=O) groups excluding carboxylic acids is 1. The zero-order valence-corrected chi connectivity index (χ0v) is 11.1. The number of thiophene rings is 1. The number of rotatable bonds is 2. The molecule has 2 rings (SSSR count). The molecular weight excluding hydrogens is 256 g/mol. The van der Waals surface area contributed by atoms with Crippen LogP contribution in [-0.4, -0.2) is 11.8 Å². The van der Waals surface area contributed by atoms with Crippen molar-refractivity contribution in [3.8, 4) is 6.07 Å². The van der Waals surface area contributed by atoms with Gasteiger partial charge in [-0.05, 0) is 30.7 Å². The largest absolute Gasteiger partial charge is 0.316 e. The van der Waals surface area contributed by atoms with E-state index in [1.165, 1.54) is 16.2 Å². The van der Waals surface area contributed by atoms with E-state index in [1.807, 2.05) is 0 Å². The second-order valence-electron chi connectivity index (χ2n) is 4.35. The highest BCUT2D eigenvalue weighted by molar-refractivity contribution is 7.16. The number of halogens is 1. The number of fused-ring (bicyclic) bond motifs is 1. The molecule has 0 saturated carbocycles. The van der Waals surface area contributed by atoms with Gasteiger partial charge >= 0.3 is 0 Å². The number of hydrogen-bond acceptors (Lipinski definition) is 3. The number of carbonyl (C=O) groups is 1. The molecule has 0 saturated heterocycles. The Bertz CT molecular complexity index is 489. The fourth-order valence-electron chi connectivity index (χ4n) is 2.12. The van der Waals surface area contributed by atoms with E-state index in [0.29, 0.717) is 16.5 Å². The molecule has 1 heterocycles. The molecule has 3 nitrogen and oxygen atoms in total. The molecule has 1 aromatic heterocycles. The highest BCUT2D eigenvalue weighted by Gasteiger charge is 2.24. The molecule has 0 radical (unpaired) electrons. The summed E-state index contributed by atoms with van der Waals surface area (Å²) < 4.78 is 0. The molecule has 1 atom stereocenters. The summed E-state index contributed by atoms with van der Waals surface area (Å²) in [4.78, 5) is 12.5. The van der Waals surface area contributed by atoms with Crippen LogP contribution in [0.1, 0.15) is 29.3 Å². The first-order valence-electron chi connectivity index (χ1n) is 5.56. The summed E-state index contributed by atoms with van der Waals surface area (Å²) in [5.74, 6) is 0.322. The summed E-state index contributed by atoms with van der Waals surface area (Å²) in [6.45, 7) is 2.21. The maximum atomic E-state index is 11.3. The number of nitrogens with one attached hydrogen (secondary N) is 1. The second kappa shape index (κ2) is 5.07. The number of nitrogens with zero attached hydrogens (tertiary/aromatic N) is 1. The van der Waals surface area contributed by atoms with Crippen LogP contribution in [0.3, 0.4) is 0 Å². The third-order valence-electron chi connectivity index (χ3n) is 3.00. The molecule has 1 aromatic rings. The van der Waals surface area contributed by atoms with Gasteiger partial charge < -0.3 is 5.32 Å². The van der Waals surface area contributed by atoms with Crippen molar-refractivity contribution in [2.24, 2.45) is 5.92 Å². The first kappa shape index (κ1) is 12.4. The van der Waals surface area contributed by atoms with Crippen molar-refractivity contribution < 1.29 is 4.79 Å². The van der Waals surface area contributed by atoms with Crippen molar-refractivity contribution in [3.63, 3.8) is 0 Å². The van der Waals surface area contributed by atoms with E-state index in [4.69, 9.17) is 11.6 Å². The molecule has 0 spiro atoms. The van der Waals surface area contributed by atoms with Gasteiger partial charge in [0.2, 0.25) is 5.91 Å². The molecule has 1 amide bonds. The Morgan fingerprint density at radius 3 is 3.12 bits per heavy atom. The van der Waals surface area contributed by atoms with Crippen LogP contribution in [0.25, 0.3) is 0 Å². The Morgan fingerprint density at radius 1 is 1.71 bits per heavy atom. The monoisotopic (exact) mass is 268 g/mol. The molecule has 90 valence electrons. The van der Waals surface area contributed by atoms with Gasteiger partial charge in [0.05, 0.1) is 5.56 Å². The Hall–Kier alpha value is -1.05. The summed E-state index contributed by atoms with van der Waals surface area (Å²) in [6, 6.07) is 2.20. The first-order chi connectivity index (χ1) is 8.15. The number of amides is 1. The average molecular weight is 269 g/mol. The zero-order valence-electron chi connectivity index (χ0n) is 9.55. The summed E-state index contributed by atoms with van der Waals surface area (Å²) in [7, 11) is 0. The van der Waals surface area contributed by atoms with Crippen molar-refractivity contribution in [1.29, 1.82) is 5.26 Å². The van der Waals surface area contributed by atoms with Crippen LogP contribution in [0.15, 0.2) is 0 Å². The lowest BCUT2D eigenvalue weighted by atomic mass is 9.89. The summed E-state index contributed by atoms with van der Waals surface area (Å²) in [6.07, 6.45) is 3.05. The standard InChI is InChI=1S/C12H13ClN2OS/c1-7-2-3-8-9(6-14)12(15-11(16)5-13)17-10(8)4-7/h7H,2-5H2,1H3,(H,15,16). The fraction of sp³-hybridized carbons (Fsp3) is 0.500. The van der Waals surface area contributed by atoms with Crippen LogP contribution >= 0.6 is 22.9 Å². The van der Waals surface area contributed by atoms with E-state index in [1.54, 1.807) is 0 Å². The Morgan fingerprint density at radius 2 is 2.47 bits per heavy atom. The lowest BCUT2D eigenvalue weighted by Crippen LogP contribution is -2.12. The number of alkyl halides is 1. The number of anilines is 1. The van der Waals surface area contributed by atoms with Gasteiger partial charge in [0, 0.05) is 4.88 Å². The van der Waals surface area contributed by atoms with Crippen LogP contribution in [0.5, 0.6) is 0 Å². The predicted octanol–water partition coefficient (Wildman–Crippen LogP) is 2.92. The quantitative estimate of drug-likeness (QED) is 0.839. The summed E-state index contributed by atoms with van der Waals surface area (Å²) in [5.41, 5.74) is 1.76. The van der Waals surface area contributed by atoms with E-state index >= 15 is 0 Å². The molecule has 17 heavy (non-hydrogen) atoms. The molecule has 5 heteroatoms. The van der Waals surface area contributed by atoms with Gasteiger partial charge in [-0.25, -0.2) is 0 Å². The predicted molar refractivity (Wildman–Crippen MR) is 69.6 cm³/mol. The lowest BCUT2D eigenvalue weighted by molar-refractivity contribution is -0.113. The molecule has 0 fully saturated rings. The Kier molecular flexibility index (Phi) is 3.70. The van der Waals surface area contributed by atoms with E-state index in [9.17, 15) is 10.1 Å². The highest BCUT2D eigenvalue weighted by atomic mass is 35.5. The molecule has 1 aliphatic rings. The molecule has 0 bridgehead atoms. The van der Waals surface area contributed by atoms with E-state index in [-0.39, 0.29) is 11.8 Å². The zero-order chi connectivity index (χ0) is 12.4. The van der Waals surface area contributed by atoms with Crippen molar-refractivity contribution in [2.45, 2.75) is 26.2 Å². The maximum Gasteiger partial charge on any atom is 0.239 e. The van der Waals surface area contributed by atoms with Gasteiger partial charge in [0.25, 0.3) is 0 Å². The molecule has 1 unspecified atom stereocenters. The molecule has 1 N–H and O–H groups in total. The molecule has 1 aliphatic carbocycles. The van der Waals surface area contributed by atoms with Crippen molar-refractivity contribution in [3.05, 3.63) is 16.0 Å². The lowest BCUT2D eigenvalue weighted by Gasteiger charge is -2.17. The Labute approximate surface area is 109 Å². The number of nitriles is 1. The summed E-state index contributed by atoms with van der Waals surface area (Å²) >= 11 is 6.98. The maximum absolute atomic E-state index is 11.3. The molecular formula is C12H13ClN2OS. The van der Waals surface area contributed by atoms with Crippen LogP contribution in [-0.2, 0) is 17.6 Å². The van der Waals surface area contributed by atoms with Crippen LogP contribution in [0, 0.1) is 17.2 Å². The van der Waals surface area contributed by atoms with Gasteiger partial charge in [-0.1, -0.05) is 6.92 Å². The van der Waals surface area contributed by atoms with E-state index in [0.717, 1.165) is 24.8 Å². The number of hydrogen-bond donors (Lipinski definition) is 1. The third kappa shape index (κ3) is 2.46. The van der Waals surface area contributed by atoms with E-state index < -0.39 is 0 Å². The van der Waals surface area contributed by atoms with E-state index in [2.05, 4.69) is 18.3 Å². The van der Waals surface area contributed by atoms with Gasteiger partial charge in [0.1, 0.15) is 17.0 Å². The van der Waals surface area contributed by atoms with Gasteiger partial charge in [-0.2, -0.15) is 5.26 Å². The fourth-order valence-corrected chi connectivity index (χ4v) is 3.56. The van der Waals surface area contributed by atoms with Gasteiger partial charge in [-0.15, -0.1) is 22.9 Å². The van der Waals surface area contributed by atoms with Crippen molar-refractivity contribution in [2.75, 3.05) is 11.2 Å². The van der Waals surface area contributed by atoms with Crippen molar-refractivity contribution in [1.82, 2.24) is 0 Å². The SMILES string of the molecule is CC1CCc2c(sc(NC(=O)CCl)c2C#N)C1. The minimum Gasteiger partial charge on any atom is -0.316 e.